The first kappa shape index (κ1) is 16.2. The first-order chi connectivity index (χ1) is 10.6. The van der Waals surface area contributed by atoms with E-state index in [9.17, 15) is 9.59 Å². The van der Waals surface area contributed by atoms with Gasteiger partial charge in [0.05, 0.1) is 18.7 Å². The van der Waals surface area contributed by atoms with Crippen molar-refractivity contribution in [2.45, 2.75) is 5.25 Å². The molecule has 0 N–H and O–H groups in total. The second kappa shape index (κ2) is 7.71. The Morgan fingerprint density at radius 3 is 2.77 bits per heavy atom. The highest BCUT2D eigenvalue weighted by Gasteiger charge is 2.29. The molecule has 7 heteroatoms. The summed E-state index contributed by atoms with van der Waals surface area (Å²) in [7, 11) is 1.34. The maximum atomic E-state index is 12.1. The molecule has 0 aromatic heterocycles. The van der Waals surface area contributed by atoms with Crippen LogP contribution in [-0.2, 0) is 14.3 Å². The lowest BCUT2D eigenvalue weighted by atomic mass is 10.2. The molecule has 0 bridgehead atoms. The monoisotopic (exact) mass is 320 g/mol. The van der Waals surface area contributed by atoms with Gasteiger partial charge in [-0.25, -0.2) is 0 Å². The predicted octanol–water partition coefficient (Wildman–Crippen LogP) is 1.05. The lowest BCUT2D eigenvalue weighted by molar-refractivity contribution is -0.141. The molecule has 116 valence electrons. The fourth-order valence-corrected chi connectivity index (χ4v) is 3.14. The van der Waals surface area contributed by atoms with Crippen LogP contribution >= 0.6 is 11.8 Å². The van der Waals surface area contributed by atoms with Crippen LogP contribution in [0.3, 0.4) is 0 Å². The summed E-state index contributed by atoms with van der Waals surface area (Å²) < 4.78 is 10.1. The molecule has 1 aromatic rings. The number of nitrogens with zero attached hydrogens (tertiary/aromatic N) is 2. The number of thioether (sulfide) groups is 1. The summed E-state index contributed by atoms with van der Waals surface area (Å²) in [6.45, 7) is 0.838. The molecule has 0 aliphatic carbocycles. The zero-order valence-electron chi connectivity index (χ0n) is 12.2. The minimum atomic E-state index is -0.336. The minimum absolute atomic E-state index is 0.0928. The summed E-state index contributed by atoms with van der Waals surface area (Å²) in [6, 6.07) is 8.57. The molecule has 6 nitrogen and oxygen atoms in total. The molecule has 1 fully saturated rings. The predicted molar refractivity (Wildman–Crippen MR) is 81.5 cm³/mol. The van der Waals surface area contributed by atoms with E-state index in [-0.39, 0.29) is 23.7 Å². The van der Waals surface area contributed by atoms with E-state index in [1.54, 1.807) is 29.2 Å². The van der Waals surface area contributed by atoms with Gasteiger partial charge in [-0.05, 0) is 24.3 Å². The molecule has 1 aliphatic heterocycles. The Morgan fingerprint density at radius 1 is 1.41 bits per heavy atom. The van der Waals surface area contributed by atoms with Crippen molar-refractivity contribution >= 4 is 23.6 Å². The van der Waals surface area contributed by atoms with Gasteiger partial charge in [0.2, 0.25) is 0 Å². The van der Waals surface area contributed by atoms with Crippen molar-refractivity contribution in [3.8, 4) is 11.8 Å². The van der Waals surface area contributed by atoms with Gasteiger partial charge in [-0.2, -0.15) is 5.26 Å². The normalized spacial score (nSPS) is 17.5. The summed E-state index contributed by atoms with van der Waals surface area (Å²) in [5.74, 6) is 0.750. The molecule has 0 unspecified atom stereocenters. The van der Waals surface area contributed by atoms with E-state index >= 15 is 0 Å². The maximum Gasteiger partial charge on any atom is 0.320 e. The van der Waals surface area contributed by atoms with Crippen LogP contribution in [0.4, 0.5) is 0 Å². The average Bonchev–Trinajstić information content (AvgIpc) is 2.59. The lowest BCUT2D eigenvalue weighted by Gasteiger charge is -2.30. The molecule has 0 spiro atoms. The Kier molecular flexibility index (Phi) is 5.67. The van der Waals surface area contributed by atoms with E-state index in [1.807, 2.05) is 6.07 Å². The number of carbonyl (C=O) groups is 2. The highest BCUT2D eigenvalue weighted by atomic mass is 32.2. The molecular weight excluding hydrogens is 304 g/mol. The fraction of sp³-hybridized carbons (Fsp3) is 0.400. The molecule has 1 atom stereocenters. The number of amides is 1. The van der Waals surface area contributed by atoms with Gasteiger partial charge in [-0.3, -0.25) is 9.59 Å². The van der Waals surface area contributed by atoms with Gasteiger partial charge in [-0.1, -0.05) is 0 Å². The van der Waals surface area contributed by atoms with E-state index < -0.39 is 0 Å². The van der Waals surface area contributed by atoms with Crippen LogP contribution in [0.5, 0.6) is 5.75 Å². The second-order valence-electron chi connectivity index (χ2n) is 4.65. The van der Waals surface area contributed by atoms with Crippen molar-refractivity contribution in [2.24, 2.45) is 0 Å². The molecule has 0 saturated carbocycles. The summed E-state index contributed by atoms with van der Waals surface area (Å²) in [6.07, 6.45) is 0. The molecule has 1 saturated heterocycles. The summed E-state index contributed by atoms with van der Waals surface area (Å²) in [5.41, 5.74) is 0.535. The minimum Gasteiger partial charge on any atom is -0.484 e. The summed E-state index contributed by atoms with van der Waals surface area (Å²) in [5, 5.41) is 8.38. The van der Waals surface area contributed by atoms with E-state index in [0.29, 0.717) is 30.2 Å². The number of rotatable bonds is 4. The molecule has 1 amide bonds. The van der Waals surface area contributed by atoms with Gasteiger partial charge in [0.15, 0.2) is 6.61 Å². The van der Waals surface area contributed by atoms with Gasteiger partial charge in [0.1, 0.15) is 11.0 Å². The highest BCUT2D eigenvalue weighted by Crippen LogP contribution is 2.20. The van der Waals surface area contributed by atoms with Crippen LogP contribution in [0.2, 0.25) is 0 Å². The van der Waals surface area contributed by atoms with Crippen molar-refractivity contribution in [1.82, 2.24) is 4.90 Å². The van der Waals surface area contributed by atoms with Crippen LogP contribution in [-0.4, -0.2) is 54.6 Å². The number of hydrogen-bond acceptors (Lipinski definition) is 6. The van der Waals surface area contributed by atoms with Gasteiger partial charge >= 0.3 is 5.97 Å². The molecule has 1 heterocycles. The van der Waals surface area contributed by atoms with Gasteiger partial charge in [0, 0.05) is 18.8 Å². The zero-order chi connectivity index (χ0) is 15.9. The standard InChI is InChI=1S/C15H16N2O4S/c1-20-15(19)13-9-17(6-7-22-13)14(18)10-21-12-4-2-11(8-16)3-5-12/h2-5,13H,6-7,9-10H2,1H3/t13-/m0/s1. The third-order valence-electron chi connectivity index (χ3n) is 3.23. The van der Waals surface area contributed by atoms with Crippen molar-refractivity contribution in [3.63, 3.8) is 0 Å². The number of nitriles is 1. The topological polar surface area (TPSA) is 79.6 Å². The Balaban J connectivity index is 1.86. The number of methoxy groups -OCH3 is 1. The highest BCUT2D eigenvalue weighted by molar-refractivity contribution is 8.00. The molecular formula is C15H16N2O4S. The molecule has 1 aliphatic rings. The van der Waals surface area contributed by atoms with Crippen molar-refractivity contribution in [2.75, 3.05) is 32.6 Å². The average molecular weight is 320 g/mol. The van der Waals surface area contributed by atoms with Crippen LogP contribution in [0.25, 0.3) is 0 Å². The second-order valence-corrected chi connectivity index (χ2v) is 5.96. The smallest absolute Gasteiger partial charge is 0.320 e. The van der Waals surface area contributed by atoms with E-state index in [2.05, 4.69) is 0 Å². The summed E-state index contributed by atoms with van der Waals surface area (Å²) >= 11 is 1.50. The molecule has 0 radical (unpaired) electrons. The van der Waals surface area contributed by atoms with Crippen molar-refractivity contribution < 1.29 is 19.1 Å². The lowest BCUT2D eigenvalue weighted by Crippen LogP contribution is -2.46. The largest absolute Gasteiger partial charge is 0.484 e. The van der Waals surface area contributed by atoms with E-state index in [4.69, 9.17) is 14.7 Å². The zero-order valence-corrected chi connectivity index (χ0v) is 13.0. The maximum absolute atomic E-state index is 12.1. The third kappa shape index (κ3) is 4.15. The quantitative estimate of drug-likeness (QED) is 0.772. The molecule has 22 heavy (non-hydrogen) atoms. The first-order valence-electron chi connectivity index (χ1n) is 6.74. The first-order valence-corrected chi connectivity index (χ1v) is 7.79. The number of carbonyl (C=O) groups excluding carboxylic acids is 2. The fourth-order valence-electron chi connectivity index (χ4n) is 2.01. The number of ether oxygens (including phenoxy) is 2. The van der Waals surface area contributed by atoms with Gasteiger partial charge in [-0.15, -0.1) is 11.8 Å². The number of benzene rings is 1. The van der Waals surface area contributed by atoms with Gasteiger partial charge < -0.3 is 14.4 Å². The Bertz CT molecular complexity index is 582. The SMILES string of the molecule is COC(=O)[C@@H]1CN(C(=O)COc2ccc(C#N)cc2)CCS1. The van der Waals surface area contributed by atoms with Gasteiger partial charge in [0.25, 0.3) is 5.91 Å². The molecule has 2 rings (SSSR count). The Morgan fingerprint density at radius 2 is 2.14 bits per heavy atom. The van der Waals surface area contributed by atoms with E-state index in [1.165, 1.54) is 18.9 Å². The van der Waals surface area contributed by atoms with Crippen LogP contribution in [0, 0.1) is 11.3 Å². The van der Waals surface area contributed by atoms with E-state index in [0.717, 1.165) is 0 Å². The van der Waals surface area contributed by atoms with Crippen molar-refractivity contribution in [3.05, 3.63) is 29.8 Å². The Labute approximate surface area is 133 Å². The van der Waals surface area contributed by atoms with Crippen LogP contribution < -0.4 is 4.74 Å². The number of hydrogen-bond donors (Lipinski definition) is 0. The summed E-state index contributed by atoms with van der Waals surface area (Å²) in [4.78, 5) is 25.3. The van der Waals surface area contributed by atoms with Crippen LogP contribution in [0.1, 0.15) is 5.56 Å². The Hall–Kier alpha value is -2.20. The molecule has 1 aromatic carbocycles. The number of esters is 1. The third-order valence-corrected chi connectivity index (χ3v) is 4.39. The van der Waals surface area contributed by atoms with Crippen molar-refractivity contribution in [1.29, 1.82) is 5.26 Å². The van der Waals surface area contributed by atoms with Crippen LogP contribution in [0.15, 0.2) is 24.3 Å².